The molecule has 0 unspecified atom stereocenters. The quantitative estimate of drug-likeness (QED) is 0.433. The maximum atomic E-state index is 6.08. The fourth-order valence-corrected chi connectivity index (χ4v) is 2.86. The lowest BCUT2D eigenvalue weighted by atomic mass is 10.2. The van der Waals surface area contributed by atoms with Gasteiger partial charge in [-0.3, -0.25) is 4.99 Å². The minimum atomic E-state index is 0. The highest BCUT2D eigenvalue weighted by atomic mass is 127. The minimum Gasteiger partial charge on any atom is -0.368 e. The molecule has 3 rings (SSSR count). The van der Waals surface area contributed by atoms with E-state index in [1.165, 1.54) is 5.69 Å². The van der Waals surface area contributed by atoms with Gasteiger partial charge >= 0.3 is 0 Å². The molecule has 1 N–H and O–H groups in total. The van der Waals surface area contributed by atoms with Crippen LogP contribution in [0, 0.1) is 0 Å². The van der Waals surface area contributed by atoms with E-state index in [1.54, 1.807) is 13.3 Å². The van der Waals surface area contributed by atoms with Gasteiger partial charge in [-0.2, -0.15) is 0 Å². The predicted octanol–water partition coefficient (Wildman–Crippen LogP) is 2.84. The van der Waals surface area contributed by atoms with Gasteiger partial charge in [0.05, 0.1) is 6.54 Å². The second kappa shape index (κ2) is 9.12. The first-order valence-electron chi connectivity index (χ1n) is 7.61. The molecule has 1 aliphatic rings. The van der Waals surface area contributed by atoms with Crippen molar-refractivity contribution >= 4 is 47.2 Å². The zero-order valence-electron chi connectivity index (χ0n) is 13.5. The Morgan fingerprint density at radius 1 is 1.29 bits per heavy atom. The predicted molar refractivity (Wildman–Crippen MR) is 107 cm³/mol. The first kappa shape index (κ1) is 18.9. The average molecular weight is 462 g/mol. The van der Waals surface area contributed by atoms with Crippen molar-refractivity contribution in [3.63, 3.8) is 0 Å². The van der Waals surface area contributed by atoms with Crippen molar-refractivity contribution in [2.75, 3.05) is 38.1 Å². The summed E-state index contributed by atoms with van der Waals surface area (Å²) in [5.41, 5.74) is 2.03. The second-order valence-electron chi connectivity index (χ2n) is 5.35. The number of halogens is 2. The number of rotatable bonds is 3. The molecule has 2 heterocycles. The van der Waals surface area contributed by atoms with Gasteiger partial charge in [0.1, 0.15) is 12.0 Å². The number of aromatic nitrogens is 1. The monoisotopic (exact) mass is 461 g/mol. The van der Waals surface area contributed by atoms with E-state index in [1.807, 2.05) is 24.3 Å². The summed E-state index contributed by atoms with van der Waals surface area (Å²) in [4.78, 5) is 8.95. The summed E-state index contributed by atoms with van der Waals surface area (Å²) < 4.78 is 4.84. The third-order valence-corrected chi connectivity index (χ3v) is 4.12. The van der Waals surface area contributed by atoms with Crippen LogP contribution in [0.5, 0.6) is 0 Å². The SMILES string of the molecule is CN=C(NCc1ccon1)N1CCN(c2cccc(Cl)c2)CC1.I. The number of hydrogen-bond acceptors (Lipinski definition) is 4. The van der Waals surface area contributed by atoms with E-state index in [9.17, 15) is 0 Å². The summed E-state index contributed by atoms with van der Waals surface area (Å²) in [6, 6.07) is 9.84. The van der Waals surface area contributed by atoms with Crippen LogP contribution in [0.3, 0.4) is 0 Å². The van der Waals surface area contributed by atoms with E-state index < -0.39 is 0 Å². The molecule has 8 heteroatoms. The number of piperazine rings is 1. The number of nitrogens with zero attached hydrogens (tertiary/aromatic N) is 4. The highest BCUT2D eigenvalue weighted by molar-refractivity contribution is 14.0. The Morgan fingerprint density at radius 2 is 2.08 bits per heavy atom. The molecule has 0 aliphatic carbocycles. The van der Waals surface area contributed by atoms with Gasteiger partial charge in [0.2, 0.25) is 0 Å². The lowest BCUT2D eigenvalue weighted by molar-refractivity contribution is 0.370. The topological polar surface area (TPSA) is 56.9 Å². The van der Waals surface area contributed by atoms with Crippen LogP contribution in [0.25, 0.3) is 0 Å². The summed E-state index contributed by atoms with van der Waals surface area (Å²) in [5, 5.41) is 7.99. The lowest BCUT2D eigenvalue weighted by Gasteiger charge is -2.37. The maximum Gasteiger partial charge on any atom is 0.194 e. The van der Waals surface area contributed by atoms with Gasteiger partial charge in [-0.15, -0.1) is 24.0 Å². The first-order chi connectivity index (χ1) is 11.3. The number of hydrogen-bond donors (Lipinski definition) is 1. The van der Waals surface area contributed by atoms with E-state index >= 15 is 0 Å². The largest absolute Gasteiger partial charge is 0.368 e. The normalized spacial score (nSPS) is 15.2. The van der Waals surface area contributed by atoms with Crippen molar-refractivity contribution in [1.82, 2.24) is 15.4 Å². The molecule has 1 fully saturated rings. The molecule has 0 bridgehead atoms. The standard InChI is InChI=1S/C16H20ClN5O.HI/c1-18-16(19-12-14-5-10-23-20-14)22-8-6-21(7-9-22)15-4-2-3-13(17)11-15;/h2-5,10-11H,6-9,12H2,1H3,(H,18,19);1H. The van der Waals surface area contributed by atoms with Crippen molar-refractivity contribution in [2.45, 2.75) is 6.54 Å². The number of anilines is 1. The van der Waals surface area contributed by atoms with Crippen LogP contribution < -0.4 is 10.2 Å². The van der Waals surface area contributed by atoms with Crippen molar-refractivity contribution in [2.24, 2.45) is 4.99 Å². The van der Waals surface area contributed by atoms with Crippen LogP contribution in [0.1, 0.15) is 5.69 Å². The van der Waals surface area contributed by atoms with Crippen LogP contribution in [0.4, 0.5) is 5.69 Å². The third-order valence-electron chi connectivity index (χ3n) is 3.88. The molecule has 1 aromatic heterocycles. The summed E-state index contributed by atoms with van der Waals surface area (Å²) in [7, 11) is 1.80. The molecule has 6 nitrogen and oxygen atoms in total. The Bertz CT molecular complexity index is 656. The molecule has 1 aromatic carbocycles. The van der Waals surface area contributed by atoms with E-state index in [-0.39, 0.29) is 24.0 Å². The molecule has 130 valence electrons. The van der Waals surface area contributed by atoms with Gasteiger partial charge < -0.3 is 19.6 Å². The van der Waals surface area contributed by atoms with Crippen molar-refractivity contribution < 1.29 is 4.52 Å². The van der Waals surface area contributed by atoms with Gasteiger partial charge in [0, 0.05) is 50.0 Å². The molecule has 0 amide bonds. The van der Waals surface area contributed by atoms with Crippen LogP contribution in [-0.2, 0) is 6.54 Å². The molecular weight excluding hydrogens is 441 g/mol. The second-order valence-corrected chi connectivity index (χ2v) is 5.78. The van der Waals surface area contributed by atoms with E-state index in [4.69, 9.17) is 16.1 Å². The summed E-state index contributed by atoms with van der Waals surface area (Å²) in [6.45, 7) is 4.30. The lowest BCUT2D eigenvalue weighted by Crippen LogP contribution is -2.52. The summed E-state index contributed by atoms with van der Waals surface area (Å²) in [6.07, 6.45) is 1.57. The summed E-state index contributed by atoms with van der Waals surface area (Å²) in [5.74, 6) is 0.888. The first-order valence-corrected chi connectivity index (χ1v) is 7.99. The maximum absolute atomic E-state index is 6.08. The number of aliphatic imine (C=N–C) groups is 1. The van der Waals surface area contributed by atoms with Crippen molar-refractivity contribution in [3.8, 4) is 0 Å². The van der Waals surface area contributed by atoms with Gasteiger partial charge in [-0.25, -0.2) is 0 Å². The molecule has 0 saturated carbocycles. The number of guanidine groups is 1. The van der Waals surface area contributed by atoms with Gasteiger partial charge in [0.15, 0.2) is 5.96 Å². The zero-order chi connectivity index (χ0) is 16.1. The van der Waals surface area contributed by atoms with Gasteiger partial charge in [-0.1, -0.05) is 22.8 Å². The van der Waals surface area contributed by atoms with Crippen molar-refractivity contribution in [3.05, 3.63) is 47.3 Å². The van der Waals surface area contributed by atoms with Crippen LogP contribution in [-0.4, -0.2) is 49.2 Å². The fourth-order valence-electron chi connectivity index (χ4n) is 2.68. The molecule has 0 radical (unpaired) electrons. The third kappa shape index (κ3) is 4.76. The Kier molecular flexibility index (Phi) is 7.16. The van der Waals surface area contributed by atoms with Crippen LogP contribution >= 0.6 is 35.6 Å². The fraction of sp³-hybridized carbons (Fsp3) is 0.375. The summed E-state index contributed by atoms with van der Waals surface area (Å²) >= 11 is 6.08. The molecule has 0 atom stereocenters. The van der Waals surface area contributed by atoms with Crippen LogP contribution in [0.15, 0.2) is 46.1 Å². The number of nitrogens with one attached hydrogen (secondary N) is 1. The Hall–Kier alpha value is -1.48. The Morgan fingerprint density at radius 3 is 2.71 bits per heavy atom. The van der Waals surface area contributed by atoms with E-state index in [2.05, 4.69) is 31.3 Å². The average Bonchev–Trinajstić information content (AvgIpc) is 3.09. The smallest absolute Gasteiger partial charge is 0.194 e. The molecule has 24 heavy (non-hydrogen) atoms. The van der Waals surface area contributed by atoms with Crippen LogP contribution in [0.2, 0.25) is 5.02 Å². The molecule has 1 aliphatic heterocycles. The molecular formula is C16H21ClIN5O. The highest BCUT2D eigenvalue weighted by Crippen LogP contribution is 2.20. The number of benzene rings is 1. The van der Waals surface area contributed by atoms with Crippen molar-refractivity contribution in [1.29, 1.82) is 0 Å². The Labute approximate surface area is 163 Å². The molecule has 2 aromatic rings. The Balaban J connectivity index is 0.00000208. The zero-order valence-corrected chi connectivity index (χ0v) is 16.6. The molecule has 0 spiro atoms. The van der Waals surface area contributed by atoms with E-state index in [0.717, 1.165) is 42.9 Å². The molecule has 1 saturated heterocycles. The highest BCUT2D eigenvalue weighted by Gasteiger charge is 2.20. The van der Waals surface area contributed by atoms with E-state index in [0.29, 0.717) is 6.54 Å². The minimum absolute atomic E-state index is 0. The van der Waals surface area contributed by atoms with Gasteiger partial charge in [0.25, 0.3) is 0 Å². The van der Waals surface area contributed by atoms with Gasteiger partial charge in [-0.05, 0) is 18.2 Å².